The number of ether oxygens (including phenoxy) is 1. The van der Waals surface area contributed by atoms with E-state index >= 15 is 0 Å². The molecule has 1 fully saturated rings. The van der Waals surface area contributed by atoms with Crippen LogP contribution in [0.5, 0.6) is 0 Å². The molecule has 0 saturated carbocycles. The second-order valence-corrected chi connectivity index (χ2v) is 4.48. The van der Waals surface area contributed by atoms with Crippen LogP contribution < -0.4 is 0 Å². The van der Waals surface area contributed by atoms with Gasteiger partial charge >= 0.3 is 0 Å². The summed E-state index contributed by atoms with van der Waals surface area (Å²) in [6.07, 6.45) is -2.08. The lowest BCUT2D eigenvalue weighted by atomic mass is 10.1. The van der Waals surface area contributed by atoms with Crippen molar-refractivity contribution in [1.82, 2.24) is 4.98 Å². The molecule has 0 bridgehead atoms. The number of nitrogens with zero attached hydrogens (tertiary/aromatic N) is 1. The Labute approximate surface area is 101 Å². The Kier molecular flexibility index (Phi) is 3.56. The highest BCUT2D eigenvalue weighted by Gasteiger charge is 2.44. The van der Waals surface area contributed by atoms with Gasteiger partial charge < -0.3 is 20.1 Å². The normalized spacial score (nSPS) is 34.2. The fourth-order valence-electron chi connectivity index (χ4n) is 1.73. The topological polar surface area (TPSA) is 82.8 Å². The van der Waals surface area contributed by atoms with E-state index in [1.807, 2.05) is 0 Å². The number of hydrogen-bond acceptors (Lipinski definition) is 5. The average Bonchev–Trinajstić information content (AvgIpc) is 2.57. The maximum absolute atomic E-state index is 9.79. The fraction of sp³-hybridized carbons (Fsp3) is 0.500. The van der Waals surface area contributed by atoms with Gasteiger partial charge in [-0.25, -0.2) is 0 Å². The Hall–Kier alpha value is -0.530. The first-order chi connectivity index (χ1) is 7.65. The van der Waals surface area contributed by atoms with Crippen LogP contribution in [0.3, 0.4) is 0 Å². The molecule has 2 rings (SSSR count). The molecule has 0 amide bonds. The van der Waals surface area contributed by atoms with Crippen molar-refractivity contribution in [2.75, 3.05) is 6.61 Å². The summed E-state index contributed by atoms with van der Waals surface area (Å²) in [5.41, 5.74) is 0.519. The lowest BCUT2D eigenvalue weighted by molar-refractivity contribution is -0.0241. The quantitative estimate of drug-likeness (QED) is 0.714. The van der Waals surface area contributed by atoms with Gasteiger partial charge in [-0.15, -0.1) is 0 Å². The molecular formula is C10H12BrNO4. The molecule has 88 valence electrons. The van der Waals surface area contributed by atoms with E-state index in [1.54, 1.807) is 18.3 Å². The number of pyridine rings is 1. The van der Waals surface area contributed by atoms with Crippen LogP contribution >= 0.6 is 15.9 Å². The third kappa shape index (κ3) is 1.99. The summed E-state index contributed by atoms with van der Waals surface area (Å²) in [6, 6.07) is 3.52. The summed E-state index contributed by atoms with van der Waals surface area (Å²) in [7, 11) is 0. The smallest absolute Gasteiger partial charge is 0.130 e. The molecule has 3 N–H and O–H groups in total. The number of hydrogen-bond donors (Lipinski definition) is 3. The van der Waals surface area contributed by atoms with E-state index in [-0.39, 0.29) is 6.61 Å². The molecule has 5 nitrogen and oxygen atoms in total. The van der Waals surface area contributed by atoms with E-state index in [9.17, 15) is 10.2 Å². The Morgan fingerprint density at radius 2 is 2.12 bits per heavy atom. The zero-order valence-electron chi connectivity index (χ0n) is 8.32. The van der Waals surface area contributed by atoms with Gasteiger partial charge in [-0.3, -0.25) is 4.98 Å². The van der Waals surface area contributed by atoms with Gasteiger partial charge in [-0.1, -0.05) is 0 Å². The Morgan fingerprint density at radius 3 is 2.69 bits per heavy atom. The summed E-state index contributed by atoms with van der Waals surface area (Å²) < 4.78 is 6.06. The number of aliphatic hydroxyl groups excluding tert-OH is 3. The average molecular weight is 290 g/mol. The van der Waals surface area contributed by atoms with Crippen molar-refractivity contribution in [3.8, 4) is 0 Å². The van der Waals surface area contributed by atoms with Crippen molar-refractivity contribution < 1.29 is 20.1 Å². The van der Waals surface area contributed by atoms with Crippen molar-refractivity contribution in [2.24, 2.45) is 0 Å². The molecule has 0 aliphatic carbocycles. The lowest BCUT2D eigenvalue weighted by Gasteiger charge is -2.14. The molecule has 1 aliphatic rings. The SMILES string of the molecule is OC[C@H]1O[C@@H](c2ncccc2Br)[C@H](O)[C@@H]1O. The van der Waals surface area contributed by atoms with Crippen LogP contribution in [0.2, 0.25) is 0 Å². The first-order valence-electron chi connectivity index (χ1n) is 4.88. The predicted molar refractivity (Wildman–Crippen MR) is 58.7 cm³/mol. The predicted octanol–water partition coefficient (Wildman–Crippen LogP) is -0.00190. The summed E-state index contributed by atoms with van der Waals surface area (Å²) >= 11 is 3.30. The van der Waals surface area contributed by atoms with Crippen molar-refractivity contribution in [3.63, 3.8) is 0 Å². The molecular weight excluding hydrogens is 278 g/mol. The van der Waals surface area contributed by atoms with Crippen molar-refractivity contribution in [1.29, 1.82) is 0 Å². The molecule has 16 heavy (non-hydrogen) atoms. The van der Waals surface area contributed by atoms with Crippen LogP contribution in [-0.4, -0.2) is 45.2 Å². The van der Waals surface area contributed by atoms with Gasteiger partial charge in [0.15, 0.2) is 0 Å². The molecule has 0 radical (unpaired) electrons. The minimum absolute atomic E-state index is 0.334. The maximum Gasteiger partial charge on any atom is 0.130 e. The first-order valence-corrected chi connectivity index (χ1v) is 5.67. The molecule has 1 aliphatic heterocycles. The third-order valence-electron chi connectivity index (χ3n) is 2.60. The highest BCUT2D eigenvalue weighted by atomic mass is 79.9. The third-order valence-corrected chi connectivity index (χ3v) is 3.27. The van der Waals surface area contributed by atoms with Gasteiger partial charge in [0.2, 0.25) is 0 Å². The van der Waals surface area contributed by atoms with Crippen molar-refractivity contribution >= 4 is 15.9 Å². The van der Waals surface area contributed by atoms with Crippen LogP contribution in [0.15, 0.2) is 22.8 Å². The zero-order valence-corrected chi connectivity index (χ0v) is 9.91. The van der Waals surface area contributed by atoms with E-state index in [2.05, 4.69) is 20.9 Å². The number of halogens is 1. The van der Waals surface area contributed by atoms with Crippen molar-refractivity contribution in [2.45, 2.75) is 24.4 Å². The Balaban J connectivity index is 2.26. The van der Waals surface area contributed by atoms with Gasteiger partial charge in [0, 0.05) is 10.7 Å². The van der Waals surface area contributed by atoms with E-state index in [0.717, 1.165) is 0 Å². The monoisotopic (exact) mass is 289 g/mol. The largest absolute Gasteiger partial charge is 0.394 e. The van der Waals surface area contributed by atoms with Crippen LogP contribution in [0.4, 0.5) is 0 Å². The van der Waals surface area contributed by atoms with Crippen molar-refractivity contribution in [3.05, 3.63) is 28.5 Å². The highest BCUT2D eigenvalue weighted by molar-refractivity contribution is 9.10. The zero-order chi connectivity index (χ0) is 11.7. The van der Waals surface area contributed by atoms with Crippen LogP contribution in [0.25, 0.3) is 0 Å². The number of rotatable bonds is 2. The first kappa shape index (κ1) is 11.9. The molecule has 2 heterocycles. The van der Waals surface area contributed by atoms with Gasteiger partial charge in [-0.05, 0) is 28.1 Å². The summed E-state index contributed by atoms with van der Waals surface area (Å²) in [6.45, 7) is -0.334. The summed E-state index contributed by atoms with van der Waals surface area (Å²) in [5, 5.41) is 28.4. The second-order valence-electron chi connectivity index (χ2n) is 3.63. The van der Waals surface area contributed by atoms with Crippen LogP contribution in [-0.2, 0) is 4.74 Å². The van der Waals surface area contributed by atoms with Gasteiger partial charge in [-0.2, -0.15) is 0 Å². The number of aromatic nitrogens is 1. The Bertz CT molecular complexity index is 376. The van der Waals surface area contributed by atoms with Gasteiger partial charge in [0.05, 0.1) is 12.3 Å². The molecule has 0 spiro atoms. The summed E-state index contributed by atoms with van der Waals surface area (Å²) in [5.74, 6) is 0. The van der Waals surface area contributed by atoms with Gasteiger partial charge in [0.1, 0.15) is 24.4 Å². The van der Waals surface area contributed by atoms with Gasteiger partial charge in [0.25, 0.3) is 0 Å². The maximum atomic E-state index is 9.79. The van der Waals surface area contributed by atoms with E-state index in [1.165, 1.54) is 0 Å². The molecule has 1 aromatic heterocycles. The molecule has 6 heteroatoms. The fourth-order valence-corrected chi connectivity index (χ4v) is 2.21. The molecule has 1 saturated heterocycles. The number of aliphatic hydroxyl groups is 3. The highest BCUT2D eigenvalue weighted by Crippen LogP contribution is 2.35. The molecule has 0 unspecified atom stereocenters. The van der Waals surface area contributed by atoms with E-state index in [4.69, 9.17) is 9.84 Å². The molecule has 0 aromatic carbocycles. The van der Waals surface area contributed by atoms with E-state index < -0.39 is 24.4 Å². The second kappa shape index (κ2) is 4.77. The molecule has 4 atom stereocenters. The standard InChI is InChI=1S/C10H12BrNO4/c11-5-2-1-3-12-7(5)10-9(15)8(14)6(4-13)16-10/h1-3,6,8-10,13-15H,4H2/t6-,8-,9-,10+/m1/s1. The van der Waals surface area contributed by atoms with E-state index in [0.29, 0.717) is 10.2 Å². The lowest BCUT2D eigenvalue weighted by Crippen LogP contribution is -2.32. The van der Waals surface area contributed by atoms with Crippen LogP contribution in [0.1, 0.15) is 11.8 Å². The minimum Gasteiger partial charge on any atom is -0.394 e. The molecule has 1 aromatic rings. The summed E-state index contributed by atoms with van der Waals surface area (Å²) in [4.78, 5) is 4.09. The van der Waals surface area contributed by atoms with Crippen LogP contribution in [0, 0.1) is 0 Å². The minimum atomic E-state index is -1.09. The Morgan fingerprint density at radius 1 is 1.38 bits per heavy atom.